The van der Waals surface area contributed by atoms with E-state index in [1.165, 1.54) is 12.2 Å². The molecule has 0 unspecified atom stereocenters. The number of hydrogen-bond acceptors (Lipinski definition) is 2. The molecule has 0 radical (unpaired) electrons. The first kappa shape index (κ1) is 13.5. The van der Waals surface area contributed by atoms with Crippen molar-refractivity contribution in [1.82, 2.24) is 5.06 Å². The number of hydroxylamine groups is 2. The molecule has 3 nitrogen and oxygen atoms in total. The molecule has 0 saturated heterocycles. The minimum atomic E-state index is -0.607. The van der Waals surface area contributed by atoms with Gasteiger partial charge in [0.25, 0.3) is 5.91 Å². The van der Waals surface area contributed by atoms with Gasteiger partial charge >= 0.3 is 0 Å². The molecule has 0 atom stereocenters. The molecular formula is C14H19NO2. The predicted molar refractivity (Wildman–Crippen MR) is 69.3 cm³/mol. The quantitative estimate of drug-likeness (QED) is 0.748. The molecule has 1 aromatic carbocycles. The summed E-state index contributed by atoms with van der Waals surface area (Å²) in [5.74, 6) is -0.0775. The van der Waals surface area contributed by atoms with Gasteiger partial charge in [0.05, 0.1) is 12.5 Å². The molecule has 0 fully saturated rings. The number of likely N-dealkylation sites (N-methyl/N-ethyl adjacent to an activating group) is 1. The van der Waals surface area contributed by atoms with Crippen molar-refractivity contribution in [3.8, 4) is 0 Å². The van der Waals surface area contributed by atoms with Crippen molar-refractivity contribution in [2.75, 3.05) is 14.2 Å². The van der Waals surface area contributed by atoms with Gasteiger partial charge in [-0.15, -0.1) is 0 Å². The van der Waals surface area contributed by atoms with Crippen molar-refractivity contribution in [2.24, 2.45) is 0 Å². The standard InChI is InChI=1S/C14H19NO2/c1-6-11-7-9-12(10-8-11)14(2,3)13(16)15(4)17-5/h6-10H,1H2,2-5H3. The maximum atomic E-state index is 12.1. The zero-order chi connectivity index (χ0) is 13.1. The number of hydrogen-bond donors (Lipinski definition) is 0. The highest BCUT2D eigenvalue weighted by Crippen LogP contribution is 2.25. The molecular weight excluding hydrogens is 214 g/mol. The molecule has 1 aromatic rings. The summed E-state index contributed by atoms with van der Waals surface area (Å²) in [5.41, 5.74) is 1.39. The fourth-order valence-electron chi connectivity index (χ4n) is 1.64. The molecule has 0 aliphatic rings. The summed E-state index contributed by atoms with van der Waals surface area (Å²) in [5, 5.41) is 1.25. The van der Waals surface area contributed by atoms with Crippen LogP contribution in [0.15, 0.2) is 30.8 Å². The number of carbonyl (C=O) groups excluding carboxylic acids is 1. The Morgan fingerprint density at radius 3 is 2.29 bits per heavy atom. The Morgan fingerprint density at radius 2 is 1.88 bits per heavy atom. The van der Waals surface area contributed by atoms with Crippen LogP contribution < -0.4 is 0 Å². The average molecular weight is 233 g/mol. The molecule has 92 valence electrons. The topological polar surface area (TPSA) is 29.5 Å². The predicted octanol–water partition coefficient (Wildman–Crippen LogP) is 2.63. The van der Waals surface area contributed by atoms with E-state index in [1.54, 1.807) is 13.1 Å². The van der Waals surface area contributed by atoms with Gasteiger partial charge in [0, 0.05) is 7.05 Å². The molecule has 17 heavy (non-hydrogen) atoms. The summed E-state index contributed by atoms with van der Waals surface area (Å²) in [7, 11) is 3.09. The maximum Gasteiger partial charge on any atom is 0.255 e. The number of carbonyl (C=O) groups is 1. The van der Waals surface area contributed by atoms with E-state index in [-0.39, 0.29) is 5.91 Å². The summed E-state index contributed by atoms with van der Waals surface area (Å²) in [4.78, 5) is 17.1. The van der Waals surface area contributed by atoms with E-state index in [2.05, 4.69) is 6.58 Å². The van der Waals surface area contributed by atoms with Crippen LogP contribution in [-0.2, 0) is 15.0 Å². The smallest absolute Gasteiger partial charge is 0.255 e. The highest BCUT2D eigenvalue weighted by Gasteiger charge is 2.32. The van der Waals surface area contributed by atoms with Gasteiger partial charge in [0.2, 0.25) is 0 Å². The third-order valence-corrected chi connectivity index (χ3v) is 2.96. The lowest BCUT2D eigenvalue weighted by Gasteiger charge is -2.28. The second kappa shape index (κ2) is 5.15. The zero-order valence-electron chi connectivity index (χ0n) is 10.9. The molecule has 3 heteroatoms. The van der Waals surface area contributed by atoms with Crippen molar-refractivity contribution in [3.05, 3.63) is 42.0 Å². The number of rotatable bonds is 4. The lowest BCUT2D eigenvalue weighted by molar-refractivity contribution is -0.174. The summed E-state index contributed by atoms with van der Waals surface area (Å²) in [6.07, 6.45) is 1.78. The fraction of sp³-hybridized carbons (Fsp3) is 0.357. The van der Waals surface area contributed by atoms with Gasteiger partial charge < -0.3 is 0 Å². The summed E-state index contributed by atoms with van der Waals surface area (Å²) in [6, 6.07) is 7.78. The molecule has 0 spiro atoms. The molecule has 0 aliphatic carbocycles. The first-order valence-electron chi connectivity index (χ1n) is 5.48. The van der Waals surface area contributed by atoms with Gasteiger partial charge in [-0.2, -0.15) is 0 Å². The van der Waals surface area contributed by atoms with Gasteiger partial charge in [-0.05, 0) is 25.0 Å². The van der Waals surface area contributed by atoms with Gasteiger partial charge in [-0.25, -0.2) is 5.06 Å². The summed E-state index contributed by atoms with van der Waals surface area (Å²) in [6.45, 7) is 7.47. The molecule has 0 aromatic heterocycles. The SMILES string of the molecule is C=Cc1ccc(C(C)(C)C(=O)N(C)OC)cc1. The Kier molecular flexibility index (Phi) is 4.07. The van der Waals surface area contributed by atoms with Crippen molar-refractivity contribution in [2.45, 2.75) is 19.3 Å². The Balaban J connectivity index is 3.03. The van der Waals surface area contributed by atoms with Crippen molar-refractivity contribution < 1.29 is 9.63 Å². The maximum absolute atomic E-state index is 12.1. The Labute approximate surface area is 103 Å². The van der Waals surface area contributed by atoms with Crippen LogP contribution in [0.5, 0.6) is 0 Å². The van der Waals surface area contributed by atoms with E-state index in [9.17, 15) is 4.79 Å². The van der Waals surface area contributed by atoms with E-state index >= 15 is 0 Å². The van der Waals surface area contributed by atoms with E-state index in [1.807, 2.05) is 38.1 Å². The lowest BCUT2D eigenvalue weighted by Crippen LogP contribution is -2.40. The molecule has 0 heterocycles. The van der Waals surface area contributed by atoms with E-state index in [0.29, 0.717) is 0 Å². The molecule has 1 amide bonds. The summed E-state index contributed by atoms with van der Waals surface area (Å²) >= 11 is 0. The van der Waals surface area contributed by atoms with Crippen LogP contribution in [-0.4, -0.2) is 25.1 Å². The molecule has 1 rings (SSSR count). The van der Waals surface area contributed by atoms with Crippen molar-refractivity contribution >= 4 is 12.0 Å². The third-order valence-electron chi connectivity index (χ3n) is 2.96. The van der Waals surface area contributed by atoms with E-state index in [0.717, 1.165) is 11.1 Å². The number of amides is 1. The van der Waals surface area contributed by atoms with Gasteiger partial charge in [0.15, 0.2) is 0 Å². The zero-order valence-corrected chi connectivity index (χ0v) is 10.9. The monoisotopic (exact) mass is 233 g/mol. The van der Waals surface area contributed by atoms with Crippen LogP contribution in [0.25, 0.3) is 6.08 Å². The van der Waals surface area contributed by atoms with Crippen LogP contribution in [0.4, 0.5) is 0 Å². The largest absolute Gasteiger partial charge is 0.275 e. The van der Waals surface area contributed by atoms with Crippen LogP contribution in [0.1, 0.15) is 25.0 Å². The van der Waals surface area contributed by atoms with E-state index < -0.39 is 5.41 Å². The minimum Gasteiger partial charge on any atom is -0.275 e. The highest BCUT2D eigenvalue weighted by molar-refractivity contribution is 5.86. The van der Waals surface area contributed by atoms with Crippen molar-refractivity contribution in [3.63, 3.8) is 0 Å². The summed E-state index contributed by atoms with van der Waals surface area (Å²) < 4.78 is 0. The first-order chi connectivity index (χ1) is 7.93. The highest BCUT2D eigenvalue weighted by atomic mass is 16.7. The average Bonchev–Trinajstić information content (AvgIpc) is 2.36. The van der Waals surface area contributed by atoms with Crippen LogP contribution in [0.2, 0.25) is 0 Å². The second-order valence-electron chi connectivity index (χ2n) is 4.44. The minimum absolute atomic E-state index is 0.0775. The van der Waals surface area contributed by atoms with Crippen LogP contribution >= 0.6 is 0 Å². The van der Waals surface area contributed by atoms with Gasteiger partial charge in [-0.3, -0.25) is 9.63 Å². The Bertz CT molecular complexity index is 407. The van der Waals surface area contributed by atoms with Crippen LogP contribution in [0, 0.1) is 0 Å². The van der Waals surface area contributed by atoms with Crippen molar-refractivity contribution in [1.29, 1.82) is 0 Å². The Morgan fingerprint density at radius 1 is 1.35 bits per heavy atom. The second-order valence-corrected chi connectivity index (χ2v) is 4.44. The third kappa shape index (κ3) is 2.74. The number of nitrogens with zero attached hydrogens (tertiary/aromatic N) is 1. The lowest BCUT2D eigenvalue weighted by atomic mass is 9.83. The number of benzene rings is 1. The Hall–Kier alpha value is -1.61. The fourth-order valence-corrected chi connectivity index (χ4v) is 1.64. The van der Waals surface area contributed by atoms with E-state index in [4.69, 9.17) is 4.84 Å². The normalized spacial score (nSPS) is 11.1. The molecule has 0 aliphatic heterocycles. The van der Waals surface area contributed by atoms with Gasteiger partial charge in [0.1, 0.15) is 0 Å². The van der Waals surface area contributed by atoms with Gasteiger partial charge in [-0.1, -0.05) is 36.9 Å². The first-order valence-corrected chi connectivity index (χ1v) is 5.48. The van der Waals surface area contributed by atoms with Crippen LogP contribution in [0.3, 0.4) is 0 Å². The molecule has 0 bridgehead atoms. The molecule has 0 N–H and O–H groups in total. The molecule has 0 saturated carbocycles.